The highest BCUT2D eigenvalue weighted by Gasteiger charge is 2.27. The average molecular weight is 284 g/mol. The normalized spacial score (nSPS) is 17.3. The monoisotopic (exact) mass is 284 g/mol. The number of nitrogens with two attached hydrogens (primary N) is 1. The van der Waals surface area contributed by atoms with Crippen LogP contribution >= 0.6 is 0 Å². The molecular weight excluding hydrogens is 264 g/mol. The number of aryl methyl sites for hydroxylation is 2. The fraction of sp³-hybridized carbons (Fsp3) is 0.375. The summed E-state index contributed by atoms with van der Waals surface area (Å²) in [7, 11) is 1.82. The van der Waals surface area contributed by atoms with Gasteiger partial charge in [-0.05, 0) is 30.4 Å². The maximum Gasteiger partial charge on any atom is 0.233 e. The Hall–Kier alpha value is -2.14. The van der Waals surface area contributed by atoms with Crippen LogP contribution in [-0.2, 0) is 24.8 Å². The minimum atomic E-state index is -0.0948. The van der Waals surface area contributed by atoms with Crippen molar-refractivity contribution in [3.05, 3.63) is 47.2 Å². The molecule has 0 aliphatic heterocycles. The van der Waals surface area contributed by atoms with Gasteiger partial charge in [0.1, 0.15) is 0 Å². The van der Waals surface area contributed by atoms with E-state index in [0.717, 1.165) is 30.4 Å². The smallest absolute Gasteiger partial charge is 0.233 e. The molecule has 110 valence electrons. The number of fused-ring (bicyclic) bond motifs is 1. The lowest BCUT2D eigenvalue weighted by Crippen LogP contribution is -2.25. The first-order valence-electron chi connectivity index (χ1n) is 7.30. The second kappa shape index (κ2) is 5.69. The average Bonchev–Trinajstić information content (AvgIpc) is 2.86. The Balaban J connectivity index is 1.83. The quantitative estimate of drug-likeness (QED) is 0.904. The molecule has 0 bridgehead atoms. The van der Waals surface area contributed by atoms with Gasteiger partial charge in [0, 0.05) is 25.4 Å². The van der Waals surface area contributed by atoms with Crippen LogP contribution in [0.15, 0.2) is 30.5 Å². The van der Waals surface area contributed by atoms with E-state index in [4.69, 9.17) is 5.73 Å². The van der Waals surface area contributed by atoms with Crippen LogP contribution in [0.2, 0.25) is 0 Å². The molecular formula is C16H20N4O. The molecule has 0 saturated carbocycles. The minimum absolute atomic E-state index is 0.00977. The molecule has 1 unspecified atom stereocenters. The van der Waals surface area contributed by atoms with Gasteiger partial charge in [0.2, 0.25) is 5.91 Å². The lowest BCUT2D eigenvalue weighted by Gasteiger charge is -2.24. The largest absolute Gasteiger partial charge is 0.326 e. The first-order chi connectivity index (χ1) is 10.2. The van der Waals surface area contributed by atoms with Crippen molar-refractivity contribution in [1.82, 2.24) is 9.78 Å². The number of aromatic nitrogens is 2. The predicted octanol–water partition coefficient (Wildman–Crippen LogP) is 1.94. The minimum Gasteiger partial charge on any atom is -0.326 e. The summed E-state index contributed by atoms with van der Waals surface area (Å²) in [5.74, 6) is 0.492. The first kappa shape index (κ1) is 13.8. The SMILES string of the molecule is Cn1cc(CN)c(NC(=O)C2CCCc3ccccc32)n1. The van der Waals surface area contributed by atoms with Gasteiger partial charge >= 0.3 is 0 Å². The van der Waals surface area contributed by atoms with E-state index in [1.54, 1.807) is 4.68 Å². The first-order valence-corrected chi connectivity index (χ1v) is 7.30. The molecule has 1 atom stereocenters. The summed E-state index contributed by atoms with van der Waals surface area (Å²) < 4.78 is 1.67. The molecule has 0 radical (unpaired) electrons. The van der Waals surface area contributed by atoms with Gasteiger partial charge in [-0.3, -0.25) is 9.48 Å². The molecule has 5 heteroatoms. The van der Waals surface area contributed by atoms with E-state index in [0.29, 0.717) is 12.4 Å². The maximum absolute atomic E-state index is 12.6. The van der Waals surface area contributed by atoms with Crippen molar-refractivity contribution in [2.75, 3.05) is 5.32 Å². The molecule has 21 heavy (non-hydrogen) atoms. The van der Waals surface area contributed by atoms with Crippen LogP contribution in [0.25, 0.3) is 0 Å². The molecule has 1 aliphatic rings. The number of hydrogen-bond donors (Lipinski definition) is 2. The predicted molar refractivity (Wildman–Crippen MR) is 81.9 cm³/mol. The fourth-order valence-electron chi connectivity index (χ4n) is 3.02. The summed E-state index contributed by atoms with van der Waals surface area (Å²) in [4.78, 5) is 12.6. The second-order valence-electron chi connectivity index (χ2n) is 5.51. The Morgan fingerprint density at radius 1 is 1.48 bits per heavy atom. The van der Waals surface area contributed by atoms with Gasteiger partial charge in [0.15, 0.2) is 5.82 Å². The van der Waals surface area contributed by atoms with E-state index in [9.17, 15) is 4.79 Å². The zero-order valence-electron chi connectivity index (χ0n) is 12.2. The third kappa shape index (κ3) is 2.69. The number of nitrogens with zero attached hydrogens (tertiary/aromatic N) is 2. The molecule has 2 aromatic rings. The van der Waals surface area contributed by atoms with Gasteiger partial charge in [-0.25, -0.2) is 0 Å². The highest BCUT2D eigenvalue weighted by Crippen LogP contribution is 2.32. The van der Waals surface area contributed by atoms with Crippen LogP contribution in [0.5, 0.6) is 0 Å². The number of rotatable bonds is 3. The molecule has 3 rings (SSSR count). The summed E-state index contributed by atoms with van der Waals surface area (Å²) in [6, 6.07) is 8.20. The third-order valence-corrected chi connectivity index (χ3v) is 4.05. The summed E-state index contributed by atoms with van der Waals surface area (Å²) in [6.07, 6.45) is 4.82. The van der Waals surface area contributed by atoms with Gasteiger partial charge < -0.3 is 11.1 Å². The Morgan fingerprint density at radius 3 is 3.10 bits per heavy atom. The number of carbonyl (C=O) groups excluding carboxylic acids is 1. The standard InChI is InChI=1S/C16H20N4O/c1-20-10-12(9-17)15(19-20)18-16(21)14-8-4-6-11-5-2-3-7-13(11)14/h2-3,5,7,10,14H,4,6,8-9,17H2,1H3,(H,18,19,21). The molecule has 3 N–H and O–H groups in total. The second-order valence-corrected chi connectivity index (χ2v) is 5.51. The van der Waals surface area contributed by atoms with Crippen molar-refractivity contribution in [2.45, 2.75) is 31.7 Å². The number of benzene rings is 1. The van der Waals surface area contributed by atoms with Gasteiger partial charge in [-0.15, -0.1) is 0 Å². The van der Waals surface area contributed by atoms with Crippen LogP contribution < -0.4 is 11.1 Å². The van der Waals surface area contributed by atoms with Crippen molar-refractivity contribution in [2.24, 2.45) is 12.8 Å². The van der Waals surface area contributed by atoms with E-state index >= 15 is 0 Å². The number of carbonyl (C=O) groups is 1. The Morgan fingerprint density at radius 2 is 2.29 bits per heavy atom. The van der Waals surface area contributed by atoms with Crippen molar-refractivity contribution < 1.29 is 4.79 Å². The van der Waals surface area contributed by atoms with Crippen molar-refractivity contribution in [3.63, 3.8) is 0 Å². The van der Waals surface area contributed by atoms with E-state index in [1.807, 2.05) is 25.4 Å². The van der Waals surface area contributed by atoms with E-state index < -0.39 is 0 Å². The number of nitrogens with one attached hydrogen (secondary N) is 1. The van der Waals surface area contributed by atoms with Gasteiger partial charge in [-0.2, -0.15) is 5.10 Å². The molecule has 1 aliphatic carbocycles. The molecule has 1 heterocycles. The molecule has 1 amide bonds. The molecule has 5 nitrogen and oxygen atoms in total. The highest BCUT2D eigenvalue weighted by atomic mass is 16.2. The summed E-state index contributed by atoms with van der Waals surface area (Å²) in [6.45, 7) is 0.366. The van der Waals surface area contributed by atoms with Crippen molar-refractivity contribution >= 4 is 11.7 Å². The molecule has 1 aromatic heterocycles. The van der Waals surface area contributed by atoms with Gasteiger partial charge in [0.05, 0.1) is 5.92 Å². The van der Waals surface area contributed by atoms with Gasteiger partial charge in [0.25, 0.3) is 0 Å². The lowest BCUT2D eigenvalue weighted by atomic mass is 9.82. The summed E-state index contributed by atoms with van der Waals surface area (Å²) in [5, 5.41) is 7.22. The Bertz CT molecular complexity index is 662. The van der Waals surface area contributed by atoms with E-state index in [2.05, 4.69) is 22.5 Å². The van der Waals surface area contributed by atoms with Crippen LogP contribution in [0, 0.1) is 0 Å². The Kier molecular flexibility index (Phi) is 3.75. The van der Waals surface area contributed by atoms with E-state index in [-0.39, 0.29) is 11.8 Å². The summed E-state index contributed by atoms with van der Waals surface area (Å²) in [5.41, 5.74) is 8.97. The van der Waals surface area contributed by atoms with Crippen LogP contribution in [0.1, 0.15) is 35.4 Å². The maximum atomic E-state index is 12.6. The topological polar surface area (TPSA) is 72.9 Å². The lowest BCUT2D eigenvalue weighted by molar-refractivity contribution is -0.117. The van der Waals surface area contributed by atoms with Gasteiger partial charge in [-0.1, -0.05) is 24.3 Å². The zero-order valence-corrected chi connectivity index (χ0v) is 12.2. The molecule has 1 aromatic carbocycles. The van der Waals surface area contributed by atoms with Crippen LogP contribution in [0.4, 0.5) is 5.82 Å². The van der Waals surface area contributed by atoms with Crippen LogP contribution in [-0.4, -0.2) is 15.7 Å². The Labute approximate surface area is 124 Å². The fourth-order valence-corrected chi connectivity index (χ4v) is 3.02. The zero-order chi connectivity index (χ0) is 14.8. The molecule has 0 saturated heterocycles. The van der Waals surface area contributed by atoms with E-state index in [1.165, 1.54) is 5.56 Å². The number of anilines is 1. The number of hydrogen-bond acceptors (Lipinski definition) is 3. The molecule has 0 fully saturated rings. The third-order valence-electron chi connectivity index (χ3n) is 4.05. The summed E-state index contributed by atoms with van der Waals surface area (Å²) >= 11 is 0. The van der Waals surface area contributed by atoms with Crippen LogP contribution in [0.3, 0.4) is 0 Å². The van der Waals surface area contributed by atoms with Crippen molar-refractivity contribution in [1.29, 1.82) is 0 Å². The number of amides is 1. The molecule has 0 spiro atoms. The van der Waals surface area contributed by atoms with Crippen molar-refractivity contribution in [3.8, 4) is 0 Å². The highest BCUT2D eigenvalue weighted by molar-refractivity contribution is 5.96.